The molecule has 26 heavy (non-hydrogen) atoms. The first-order valence-corrected chi connectivity index (χ1v) is 9.78. The van der Waals surface area contributed by atoms with Gasteiger partial charge in [-0.1, -0.05) is 68.4 Å². The Bertz CT molecular complexity index is 449. The van der Waals surface area contributed by atoms with Gasteiger partial charge in [0.05, 0.1) is 18.8 Å². The molecule has 2 N–H and O–H groups in total. The highest BCUT2D eigenvalue weighted by molar-refractivity contribution is 5.69. The van der Waals surface area contributed by atoms with Gasteiger partial charge in [-0.15, -0.1) is 0 Å². The van der Waals surface area contributed by atoms with Gasteiger partial charge in [0.2, 0.25) is 0 Å². The minimum Gasteiger partial charge on any atom is -0.466 e. The van der Waals surface area contributed by atoms with Crippen LogP contribution in [0.15, 0.2) is 48.6 Å². The zero-order chi connectivity index (χ0) is 19.5. The molecular weight excluding hydrogens is 328 g/mol. The highest BCUT2D eigenvalue weighted by Gasteiger charge is 2.03. The highest BCUT2D eigenvalue weighted by Crippen LogP contribution is 2.04. The van der Waals surface area contributed by atoms with Crippen LogP contribution in [0.1, 0.15) is 65.2 Å². The van der Waals surface area contributed by atoms with Gasteiger partial charge in [0.25, 0.3) is 0 Å². The zero-order valence-electron chi connectivity index (χ0n) is 16.3. The first-order chi connectivity index (χ1) is 12.6. The molecule has 4 heteroatoms. The number of unbranched alkanes of at least 4 members (excludes halogenated alkanes) is 3. The van der Waals surface area contributed by atoms with E-state index >= 15 is 0 Å². The summed E-state index contributed by atoms with van der Waals surface area (Å²) in [7, 11) is 0. The molecule has 4 nitrogen and oxygen atoms in total. The third kappa shape index (κ3) is 17.2. The molecule has 0 fully saturated rings. The Hall–Kier alpha value is -1.65. The minimum atomic E-state index is -0.568. The van der Waals surface area contributed by atoms with Crippen molar-refractivity contribution >= 4 is 5.97 Å². The van der Waals surface area contributed by atoms with Crippen molar-refractivity contribution < 1.29 is 19.7 Å². The summed E-state index contributed by atoms with van der Waals surface area (Å²) in [4.78, 5) is 11.2. The molecule has 2 unspecified atom stereocenters. The Kier molecular flexibility index (Phi) is 17.0. The maximum absolute atomic E-state index is 11.2. The van der Waals surface area contributed by atoms with Gasteiger partial charge in [-0.3, -0.25) is 4.79 Å². The Morgan fingerprint density at radius 1 is 0.923 bits per heavy atom. The minimum absolute atomic E-state index is 0.219. The summed E-state index contributed by atoms with van der Waals surface area (Å²) in [5.41, 5.74) is 0. The van der Waals surface area contributed by atoms with E-state index in [1.54, 1.807) is 37.3 Å². The number of esters is 1. The van der Waals surface area contributed by atoms with E-state index in [1.807, 2.05) is 12.2 Å². The van der Waals surface area contributed by atoms with Crippen molar-refractivity contribution in [1.82, 2.24) is 0 Å². The summed E-state index contributed by atoms with van der Waals surface area (Å²) in [6.07, 6.45) is 20.6. The molecule has 0 saturated carbocycles. The van der Waals surface area contributed by atoms with Crippen molar-refractivity contribution in [2.24, 2.45) is 0 Å². The summed E-state index contributed by atoms with van der Waals surface area (Å²) < 4.78 is 4.83. The van der Waals surface area contributed by atoms with Gasteiger partial charge < -0.3 is 14.9 Å². The second kappa shape index (κ2) is 18.2. The molecule has 0 amide bonds. The van der Waals surface area contributed by atoms with Crippen molar-refractivity contribution in [1.29, 1.82) is 0 Å². The maximum Gasteiger partial charge on any atom is 0.305 e. The van der Waals surface area contributed by atoms with Gasteiger partial charge in [-0.25, -0.2) is 0 Å². The largest absolute Gasteiger partial charge is 0.466 e. The first kappa shape index (κ1) is 24.4. The monoisotopic (exact) mass is 364 g/mol. The fourth-order valence-electron chi connectivity index (χ4n) is 2.24. The molecule has 148 valence electrons. The summed E-state index contributed by atoms with van der Waals surface area (Å²) in [6, 6.07) is 0. The van der Waals surface area contributed by atoms with Crippen molar-refractivity contribution in [3.8, 4) is 0 Å². The van der Waals surface area contributed by atoms with Gasteiger partial charge in [-0.05, 0) is 39.0 Å². The van der Waals surface area contributed by atoms with Crippen LogP contribution < -0.4 is 0 Å². The van der Waals surface area contributed by atoms with E-state index in [0.717, 1.165) is 6.42 Å². The molecule has 0 aromatic carbocycles. The molecule has 2 atom stereocenters. The molecule has 0 saturated heterocycles. The average molecular weight is 365 g/mol. The van der Waals surface area contributed by atoms with Gasteiger partial charge in [-0.2, -0.15) is 0 Å². The molecule has 0 aliphatic carbocycles. The van der Waals surface area contributed by atoms with E-state index in [0.29, 0.717) is 32.3 Å². The van der Waals surface area contributed by atoms with Crippen LogP contribution in [0, 0.1) is 0 Å². The van der Waals surface area contributed by atoms with Gasteiger partial charge in [0.15, 0.2) is 0 Å². The van der Waals surface area contributed by atoms with Crippen molar-refractivity contribution in [3.05, 3.63) is 48.6 Å². The predicted octanol–water partition coefficient (Wildman–Crippen LogP) is 4.64. The van der Waals surface area contributed by atoms with Crippen molar-refractivity contribution in [2.45, 2.75) is 77.4 Å². The fourth-order valence-corrected chi connectivity index (χ4v) is 2.24. The summed E-state index contributed by atoms with van der Waals surface area (Å²) in [5.74, 6) is -0.219. The quantitative estimate of drug-likeness (QED) is 0.192. The molecule has 0 aliphatic heterocycles. The standard InChI is InChI=1S/C22H36O4/c1-3-5-6-7-8-11-15-20(23)16-12-9-10-13-17-21(24)18-14-19-22(25)26-4-2/h8-13,16-17,20-21,23-24H,3-7,14-15,18-19H2,1-2H3/b10-9+,11-8-,16-12+,17-13+. The predicted molar refractivity (Wildman–Crippen MR) is 108 cm³/mol. The first-order valence-electron chi connectivity index (χ1n) is 9.78. The lowest BCUT2D eigenvalue weighted by Crippen LogP contribution is -2.07. The van der Waals surface area contributed by atoms with Crippen LogP contribution in [0.4, 0.5) is 0 Å². The van der Waals surface area contributed by atoms with Crippen molar-refractivity contribution in [2.75, 3.05) is 6.61 Å². The Morgan fingerprint density at radius 2 is 1.62 bits per heavy atom. The van der Waals surface area contributed by atoms with Crippen LogP contribution >= 0.6 is 0 Å². The van der Waals surface area contributed by atoms with E-state index in [-0.39, 0.29) is 5.97 Å². The number of hydrogen-bond acceptors (Lipinski definition) is 4. The summed E-state index contributed by atoms with van der Waals surface area (Å²) in [5, 5.41) is 19.6. The Morgan fingerprint density at radius 3 is 2.27 bits per heavy atom. The Balaban J connectivity index is 3.83. The summed E-state index contributed by atoms with van der Waals surface area (Å²) >= 11 is 0. The number of ether oxygens (including phenoxy) is 1. The lowest BCUT2D eigenvalue weighted by Gasteiger charge is -2.04. The van der Waals surface area contributed by atoms with Crippen LogP contribution in [-0.4, -0.2) is 35.0 Å². The number of carbonyl (C=O) groups is 1. The van der Waals surface area contributed by atoms with E-state index in [4.69, 9.17) is 4.74 Å². The van der Waals surface area contributed by atoms with Gasteiger partial charge in [0, 0.05) is 6.42 Å². The summed E-state index contributed by atoms with van der Waals surface area (Å²) in [6.45, 7) is 4.36. The lowest BCUT2D eigenvalue weighted by atomic mass is 10.1. The third-order valence-electron chi connectivity index (χ3n) is 3.70. The van der Waals surface area contributed by atoms with E-state index in [1.165, 1.54) is 19.3 Å². The lowest BCUT2D eigenvalue weighted by molar-refractivity contribution is -0.143. The molecule has 0 aromatic rings. The number of carbonyl (C=O) groups excluding carboxylic acids is 1. The highest BCUT2D eigenvalue weighted by atomic mass is 16.5. The Labute approximate surface area is 159 Å². The van der Waals surface area contributed by atoms with Crippen LogP contribution in [-0.2, 0) is 9.53 Å². The number of hydrogen-bond donors (Lipinski definition) is 2. The average Bonchev–Trinajstić information content (AvgIpc) is 2.61. The van der Waals surface area contributed by atoms with E-state index in [2.05, 4.69) is 13.0 Å². The SMILES string of the molecule is CCCCC/C=C\CC(O)/C=C/C=C/C=C/C(O)CCCC(=O)OCC. The normalized spacial score (nSPS) is 14.8. The zero-order valence-corrected chi connectivity index (χ0v) is 16.3. The number of allylic oxidation sites excluding steroid dienone is 5. The van der Waals surface area contributed by atoms with Crippen molar-refractivity contribution in [3.63, 3.8) is 0 Å². The molecule has 0 aliphatic rings. The number of rotatable bonds is 15. The molecule has 0 rings (SSSR count). The molecule has 0 bridgehead atoms. The smallest absolute Gasteiger partial charge is 0.305 e. The van der Waals surface area contributed by atoms with Crippen LogP contribution in [0.3, 0.4) is 0 Å². The van der Waals surface area contributed by atoms with Gasteiger partial charge >= 0.3 is 5.97 Å². The molecule has 0 heterocycles. The second-order valence-corrected chi connectivity index (χ2v) is 6.19. The maximum atomic E-state index is 11.2. The van der Waals surface area contributed by atoms with Crippen LogP contribution in [0.25, 0.3) is 0 Å². The third-order valence-corrected chi connectivity index (χ3v) is 3.70. The molecule has 0 aromatic heterocycles. The van der Waals surface area contributed by atoms with Gasteiger partial charge in [0.1, 0.15) is 0 Å². The van der Waals surface area contributed by atoms with E-state index in [9.17, 15) is 15.0 Å². The van der Waals surface area contributed by atoms with Crippen LogP contribution in [0.5, 0.6) is 0 Å². The topological polar surface area (TPSA) is 66.8 Å². The molecule has 0 spiro atoms. The molecule has 0 radical (unpaired) electrons. The molecular formula is C22H36O4. The van der Waals surface area contributed by atoms with E-state index < -0.39 is 12.2 Å². The van der Waals surface area contributed by atoms with Crippen LogP contribution in [0.2, 0.25) is 0 Å². The second-order valence-electron chi connectivity index (χ2n) is 6.19. The fraction of sp³-hybridized carbons (Fsp3) is 0.591. The number of aliphatic hydroxyl groups is 2. The number of aliphatic hydroxyl groups excluding tert-OH is 2.